The van der Waals surface area contributed by atoms with E-state index < -0.39 is 5.97 Å². The van der Waals surface area contributed by atoms with Gasteiger partial charge in [-0.3, -0.25) is 9.78 Å². The number of hydrogen-bond acceptors (Lipinski definition) is 4. The molecule has 0 aliphatic carbocycles. The number of carboxylic acids is 1. The van der Waals surface area contributed by atoms with Crippen LogP contribution in [-0.4, -0.2) is 34.1 Å². The maximum atomic E-state index is 10.7. The number of para-hydroxylation sites is 2. The van der Waals surface area contributed by atoms with Crippen LogP contribution in [0.3, 0.4) is 0 Å². The van der Waals surface area contributed by atoms with Crippen LogP contribution >= 0.6 is 0 Å². The first-order chi connectivity index (χ1) is 8.24. The van der Waals surface area contributed by atoms with Gasteiger partial charge in [0.1, 0.15) is 5.82 Å². The normalized spacial score (nSPS) is 15.9. The van der Waals surface area contributed by atoms with Gasteiger partial charge in [0.15, 0.2) is 0 Å². The summed E-state index contributed by atoms with van der Waals surface area (Å²) in [4.78, 5) is 21.4. The lowest BCUT2D eigenvalue weighted by atomic mass is 10.0. The molecule has 1 fully saturated rings. The second-order valence-corrected chi connectivity index (χ2v) is 4.16. The second kappa shape index (κ2) is 3.69. The molecule has 1 aromatic carbocycles. The van der Waals surface area contributed by atoms with E-state index in [1.165, 1.54) is 0 Å². The van der Waals surface area contributed by atoms with Crippen LogP contribution in [0.15, 0.2) is 30.5 Å². The van der Waals surface area contributed by atoms with Crippen molar-refractivity contribution in [3.05, 3.63) is 30.5 Å². The molecule has 1 aliphatic heterocycles. The minimum atomic E-state index is -0.741. The van der Waals surface area contributed by atoms with Crippen molar-refractivity contribution in [2.75, 3.05) is 18.0 Å². The molecule has 17 heavy (non-hydrogen) atoms. The number of nitrogens with zero attached hydrogens (tertiary/aromatic N) is 3. The van der Waals surface area contributed by atoms with Crippen LogP contribution in [0, 0.1) is 5.92 Å². The molecule has 3 rings (SSSR count). The van der Waals surface area contributed by atoms with Crippen LogP contribution in [-0.2, 0) is 4.79 Å². The van der Waals surface area contributed by atoms with E-state index in [0.717, 1.165) is 16.9 Å². The Balaban J connectivity index is 1.85. The van der Waals surface area contributed by atoms with Crippen molar-refractivity contribution < 1.29 is 9.90 Å². The fourth-order valence-electron chi connectivity index (χ4n) is 1.92. The van der Waals surface area contributed by atoms with Gasteiger partial charge in [0.2, 0.25) is 0 Å². The van der Waals surface area contributed by atoms with Crippen molar-refractivity contribution in [1.82, 2.24) is 9.97 Å². The van der Waals surface area contributed by atoms with Crippen molar-refractivity contribution in [3.63, 3.8) is 0 Å². The lowest BCUT2D eigenvalue weighted by Gasteiger charge is -2.37. The fraction of sp³-hybridized carbons (Fsp3) is 0.250. The third kappa shape index (κ3) is 1.69. The average Bonchev–Trinajstić information content (AvgIpc) is 2.26. The van der Waals surface area contributed by atoms with E-state index in [-0.39, 0.29) is 5.92 Å². The van der Waals surface area contributed by atoms with Crippen molar-refractivity contribution in [1.29, 1.82) is 0 Å². The standard InChI is InChI=1S/C12H11N3O2/c16-12(17)8-6-15(7-8)11-5-13-9-3-1-2-4-10(9)14-11/h1-5,8H,6-7H2,(H,16,17). The molecular formula is C12H11N3O2. The average molecular weight is 229 g/mol. The number of hydrogen-bond donors (Lipinski definition) is 1. The van der Waals surface area contributed by atoms with Crippen molar-refractivity contribution in [2.24, 2.45) is 5.92 Å². The molecule has 5 heteroatoms. The number of aromatic nitrogens is 2. The zero-order valence-electron chi connectivity index (χ0n) is 9.08. The highest BCUT2D eigenvalue weighted by molar-refractivity contribution is 5.77. The number of carbonyl (C=O) groups is 1. The van der Waals surface area contributed by atoms with E-state index in [1.807, 2.05) is 29.2 Å². The van der Waals surface area contributed by atoms with E-state index in [0.29, 0.717) is 13.1 Å². The highest BCUT2D eigenvalue weighted by Crippen LogP contribution is 2.23. The van der Waals surface area contributed by atoms with Gasteiger partial charge in [0, 0.05) is 13.1 Å². The molecule has 1 saturated heterocycles. The molecule has 2 aromatic rings. The molecular weight excluding hydrogens is 218 g/mol. The molecule has 0 amide bonds. The van der Waals surface area contributed by atoms with E-state index in [9.17, 15) is 4.79 Å². The molecule has 1 aliphatic rings. The van der Waals surface area contributed by atoms with Crippen LogP contribution in [0.5, 0.6) is 0 Å². The summed E-state index contributed by atoms with van der Waals surface area (Å²) < 4.78 is 0. The maximum Gasteiger partial charge on any atom is 0.310 e. The van der Waals surface area contributed by atoms with Crippen LogP contribution in [0.1, 0.15) is 0 Å². The SMILES string of the molecule is O=C(O)C1CN(c2cnc3ccccc3n2)C1. The minimum absolute atomic E-state index is 0.275. The smallest absolute Gasteiger partial charge is 0.310 e. The lowest BCUT2D eigenvalue weighted by molar-refractivity contribution is -0.142. The summed E-state index contributed by atoms with van der Waals surface area (Å²) in [5.74, 6) is -0.264. The monoisotopic (exact) mass is 229 g/mol. The first-order valence-corrected chi connectivity index (χ1v) is 5.43. The Labute approximate surface area is 97.7 Å². The molecule has 0 radical (unpaired) electrons. The molecule has 5 nitrogen and oxygen atoms in total. The summed E-state index contributed by atoms with van der Waals surface area (Å²) in [7, 11) is 0. The molecule has 0 spiro atoms. The Kier molecular flexibility index (Phi) is 2.18. The maximum absolute atomic E-state index is 10.7. The number of fused-ring (bicyclic) bond motifs is 1. The largest absolute Gasteiger partial charge is 0.481 e. The van der Waals surface area contributed by atoms with Gasteiger partial charge >= 0.3 is 5.97 Å². The molecule has 0 atom stereocenters. The first kappa shape index (κ1) is 10.0. The number of aliphatic carboxylic acids is 1. The molecule has 86 valence electrons. The summed E-state index contributed by atoms with van der Waals surface area (Å²) >= 11 is 0. The zero-order valence-corrected chi connectivity index (χ0v) is 9.08. The Morgan fingerprint density at radius 2 is 2.00 bits per heavy atom. The highest BCUT2D eigenvalue weighted by Gasteiger charge is 2.33. The van der Waals surface area contributed by atoms with Gasteiger partial charge in [-0.1, -0.05) is 12.1 Å². The van der Waals surface area contributed by atoms with Crippen LogP contribution in [0.2, 0.25) is 0 Å². The quantitative estimate of drug-likeness (QED) is 0.836. The van der Waals surface area contributed by atoms with Gasteiger partial charge in [-0.25, -0.2) is 4.98 Å². The first-order valence-electron chi connectivity index (χ1n) is 5.43. The number of carboxylic acid groups (broad SMARTS) is 1. The third-order valence-corrected chi connectivity index (χ3v) is 2.99. The zero-order chi connectivity index (χ0) is 11.8. The fourth-order valence-corrected chi connectivity index (χ4v) is 1.92. The summed E-state index contributed by atoms with van der Waals surface area (Å²) in [6.45, 7) is 1.03. The van der Waals surface area contributed by atoms with Crippen molar-refractivity contribution >= 4 is 22.8 Å². The predicted octanol–water partition coefficient (Wildman–Crippen LogP) is 1.15. The van der Waals surface area contributed by atoms with Gasteiger partial charge in [0.05, 0.1) is 23.1 Å². The highest BCUT2D eigenvalue weighted by atomic mass is 16.4. The minimum Gasteiger partial charge on any atom is -0.481 e. The number of anilines is 1. The molecule has 1 N–H and O–H groups in total. The predicted molar refractivity (Wildman–Crippen MR) is 62.9 cm³/mol. The molecule has 0 saturated carbocycles. The van der Waals surface area contributed by atoms with E-state index in [2.05, 4.69) is 9.97 Å². The lowest BCUT2D eigenvalue weighted by Crippen LogP contribution is -2.50. The van der Waals surface area contributed by atoms with Crippen molar-refractivity contribution in [2.45, 2.75) is 0 Å². The van der Waals surface area contributed by atoms with Gasteiger partial charge in [-0.05, 0) is 12.1 Å². The molecule has 0 unspecified atom stereocenters. The number of benzene rings is 1. The van der Waals surface area contributed by atoms with E-state index >= 15 is 0 Å². The summed E-state index contributed by atoms with van der Waals surface area (Å²) in [6.07, 6.45) is 1.69. The van der Waals surface area contributed by atoms with Crippen LogP contribution in [0.4, 0.5) is 5.82 Å². The van der Waals surface area contributed by atoms with Crippen LogP contribution in [0.25, 0.3) is 11.0 Å². The Bertz CT molecular complexity index is 579. The van der Waals surface area contributed by atoms with Gasteiger partial charge in [-0.2, -0.15) is 0 Å². The topological polar surface area (TPSA) is 66.3 Å². The molecule has 0 bridgehead atoms. The summed E-state index contributed by atoms with van der Waals surface area (Å²) in [6, 6.07) is 7.64. The Morgan fingerprint density at radius 1 is 1.29 bits per heavy atom. The van der Waals surface area contributed by atoms with Gasteiger partial charge in [-0.15, -0.1) is 0 Å². The summed E-state index contributed by atoms with van der Waals surface area (Å²) in [5.41, 5.74) is 1.69. The molecule has 2 heterocycles. The Morgan fingerprint density at radius 3 is 2.71 bits per heavy atom. The second-order valence-electron chi connectivity index (χ2n) is 4.16. The van der Waals surface area contributed by atoms with E-state index in [1.54, 1.807) is 6.20 Å². The number of rotatable bonds is 2. The third-order valence-electron chi connectivity index (χ3n) is 2.99. The Hall–Kier alpha value is -2.17. The van der Waals surface area contributed by atoms with E-state index in [4.69, 9.17) is 5.11 Å². The van der Waals surface area contributed by atoms with Crippen molar-refractivity contribution in [3.8, 4) is 0 Å². The van der Waals surface area contributed by atoms with Gasteiger partial charge < -0.3 is 10.0 Å². The molecule has 1 aromatic heterocycles. The van der Waals surface area contributed by atoms with Crippen LogP contribution < -0.4 is 4.90 Å². The summed E-state index contributed by atoms with van der Waals surface area (Å²) in [5, 5.41) is 8.81. The van der Waals surface area contributed by atoms with Gasteiger partial charge in [0.25, 0.3) is 0 Å².